The van der Waals surface area contributed by atoms with Gasteiger partial charge in [-0.25, -0.2) is 4.98 Å². The Labute approximate surface area is 153 Å². The first-order valence-electron chi connectivity index (χ1n) is 9.42. The Kier molecular flexibility index (Phi) is 5.59. The molecule has 0 saturated heterocycles. The van der Waals surface area contributed by atoms with Crippen LogP contribution in [0.3, 0.4) is 0 Å². The molecule has 6 nitrogen and oxygen atoms in total. The first kappa shape index (κ1) is 18.4. The maximum absolute atomic E-state index is 12.8. The van der Waals surface area contributed by atoms with E-state index in [2.05, 4.69) is 16.4 Å². The monoisotopic (exact) mass is 357 g/mol. The van der Waals surface area contributed by atoms with Gasteiger partial charge in [-0.2, -0.15) is 0 Å². The number of carbonyl (C=O) groups is 1. The molecule has 26 heavy (non-hydrogen) atoms. The van der Waals surface area contributed by atoms with E-state index in [0.717, 1.165) is 19.3 Å². The van der Waals surface area contributed by atoms with Crippen molar-refractivity contribution in [2.45, 2.75) is 59.4 Å². The first-order valence-corrected chi connectivity index (χ1v) is 9.42. The second kappa shape index (κ2) is 7.89. The zero-order chi connectivity index (χ0) is 18.7. The molecule has 2 heterocycles. The summed E-state index contributed by atoms with van der Waals surface area (Å²) in [6.07, 6.45) is 9.37. The summed E-state index contributed by atoms with van der Waals surface area (Å²) in [5.74, 6) is 0.473. The SMILES string of the molecule is Cc1oc2ncn(CC(C)C)c(=O)c2c1C(=O)NCCC1=CCCCC1. The average molecular weight is 357 g/mol. The molecule has 6 heteroatoms. The van der Waals surface area contributed by atoms with Crippen molar-refractivity contribution in [1.82, 2.24) is 14.9 Å². The molecule has 0 bridgehead atoms. The van der Waals surface area contributed by atoms with Crippen molar-refractivity contribution in [3.05, 3.63) is 39.7 Å². The number of hydrogen-bond donors (Lipinski definition) is 1. The van der Waals surface area contributed by atoms with Gasteiger partial charge in [0.25, 0.3) is 11.5 Å². The highest BCUT2D eigenvalue weighted by Crippen LogP contribution is 2.22. The largest absolute Gasteiger partial charge is 0.442 e. The van der Waals surface area contributed by atoms with Crippen molar-refractivity contribution in [2.75, 3.05) is 6.54 Å². The number of nitrogens with one attached hydrogen (secondary N) is 1. The van der Waals surface area contributed by atoms with E-state index >= 15 is 0 Å². The number of furan rings is 1. The van der Waals surface area contributed by atoms with E-state index in [-0.39, 0.29) is 22.6 Å². The zero-order valence-electron chi connectivity index (χ0n) is 15.8. The highest BCUT2D eigenvalue weighted by Gasteiger charge is 2.22. The molecule has 1 aliphatic carbocycles. The van der Waals surface area contributed by atoms with Gasteiger partial charge >= 0.3 is 0 Å². The minimum Gasteiger partial charge on any atom is -0.442 e. The predicted molar refractivity (Wildman–Crippen MR) is 101 cm³/mol. The molecular formula is C20H27N3O3. The molecule has 2 aromatic rings. The Morgan fingerprint density at radius 2 is 2.19 bits per heavy atom. The van der Waals surface area contributed by atoms with Gasteiger partial charge < -0.3 is 9.73 Å². The molecule has 2 aromatic heterocycles. The summed E-state index contributed by atoms with van der Waals surface area (Å²) in [6, 6.07) is 0. The summed E-state index contributed by atoms with van der Waals surface area (Å²) in [5, 5.41) is 3.21. The van der Waals surface area contributed by atoms with Gasteiger partial charge in [-0.05, 0) is 44.9 Å². The molecule has 0 aliphatic heterocycles. The molecule has 0 aromatic carbocycles. The molecule has 3 rings (SSSR count). The normalized spacial score (nSPS) is 14.7. The Morgan fingerprint density at radius 1 is 1.38 bits per heavy atom. The van der Waals surface area contributed by atoms with Gasteiger partial charge in [0, 0.05) is 13.1 Å². The summed E-state index contributed by atoms with van der Waals surface area (Å²) < 4.78 is 7.11. The van der Waals surface area contributed by atoms with Gasteiger partial charge in [0.15, 0.2) is 0 Å². The quantitative estimate of drug-likeness (QED) is 0.802. The average Bonchev–Trinajstić information content (AvgIpc) is 2.95. The zero-order valence-corrected chi connectivity index (χ0v) is 15.8. The molecular weight excluding hydrogens is 330 g/mol. The number of nitrogens with zero attached hydrogens (tertiary/aromatic N) is 2. The minimum atomic E-state index is -0.265. The summed E-state index contributed by atoms with van der Waals surface area (Å²) in [7, 11) is 0. The fourth-order valence-electron chi connectivity index (χ4n) is 3.49. The molecule has 0 unspecified atom stereocenters. The summed E-state index contributed by atoms with van der Waals surface area (Å²) in [4.78, 5) is 29.7. The molecule has 1 aliphatic rings. The summed E-state index contributed by atoms with van der Waals surface area (Å²) in [6.45, 7) is 6.89. The van der Waals surface area contributed by atoms with Crippen molar-refractivity contribution in [2.24, 2.45) is 5.92 Å². The van der Waals surface area contributed by atoms with Crippen LogP contribution >= 0.6 is 0 Å². The third-order valence-electron chi connectivity index (χ3n) is 4.76. The second-order valence-electron chi connectivity index (χ2n) is 7.42. The first-order chi connectivity index (χ1) is 12.5. The maximum atomic E-state index is 12.8. The Bertz CT molecular complexity index is 890. The third-order valence-corrected chi connectivity index (χ3v) is 4.76. The topological polar surface area (TPSA) is 77.1 Å². The lowest BCUT2D eigenvalue weighted by Gasteiger charge is -2.13. The number of fused-ring (bicyclic) bond motifs is 1. The number of hydrogen-bond acceptors (Lipinski definition) is 4. The van der Waals surface area contributed by atoms with Crippen LogP contribution in [-0.2, 0) is 6.54 Å². The van der Waals surface area contributed by atoms with E-state index in [1.54, 1.807) is 11.5 Å². The van der Waals surface area contributed by atoms with Gasteiger partial charge in [-0.3, -0.25) is 14.2 Å². The van der Waals surface area contributed by atoms with Gasteiger partial charge in [-0.15, -0.1) is 0 Å². The van der Waals surface area contributed by atoms with Crippen LogP contribution in [-0.4, -0.2) is 22.0 Å². The van der Waals surface area contributed by atoms with Gasteiger partial charge in [0.1, 0.15) is 17.5 Å². The second-order valence-corrected chi connectivity index (χ2v) is 7.42. The molecule has 140 valence electrons. The van der Waals surface area contributed by atoms with Crippen molar-refractivity contribution >= 4 is 17.0 Å². The number of aryl methyl sites for hydroxylation is 1. The number of allylic oxidation sites excluding steroid dienone is 1. The lowest BCUT2D eigenvalue weighted by molar-refractivity contribution is 0.0954. The van der Waals surface area contributed by atoms with E-state index in [9.17, 15) is 9.59 Å². The number of aromatic nitrogens is 2. The fourth-order valence-corrected chi connectivity index (χ4v) is 3.49. The number of carbonyl (C=O) groups excluding carboxylic acids is 1. The smallest absolute Gasteiger partial charge is 0.265 e. The minimum absolute atomic E-state index is 0.222. The molecule has 0 radical (unpaired) electrons. The van der Waals surface area contributed by atoms with E-state index in [1.807, 2.05) is 13.8 Å². The van der Waals surface area contributed by atoms with Gasteiger partial charge in [0.2, 0.25) is 5.71 Å². The molecule has 0 fully saturated rings. The van der Waals surface area contributed by atoms with Crippen molar-refractivity contribution in [3.8, 4) is 0 Å². The van der Waals surface area contributed by atoms with Gasteiger partial charge in [-0.1, -0.05) is 25.5 Å². The van der Waals surface area contributed by atoms with Crippen LogP contribution in [0.1, 0.15) is 62.1 Å². The highest BCUT2D eigenvalue weighted by atomic mass is 16.3. The van der Waals surface area contributed by atoms with Crippen LogP contribution in [0.4, 0.5) is 0 Å². The predicted octanol–water partition coefficient (Wildman–Crippen LogP) is 3.57. The molecule has 1 N–H and O–H groups in total. The van der Waals surface area contributed by atoms with E-state index in [0.29, 0.717) is 30.3 Å². The van der Waals surface area contributed by atoms with Crippen LogP contribution in [0.5, 0.6) is 0 Å². The fraction of sp³-hybridized carbons (Fsp3) is 0.550. The maximum Gasteiger partial charge on any atom is 0.265 e. The van der Waals surface area contributed by atoms with Crippen LogP contribution < -0.4 is 10.9 Å². The third kappa shape index (κ3) is 3.89. The molecule has 0 saturated carbocycles. The van der Waals surface area contributed by atoms with Crippen molar-refractivity contribution in [3.63, 3.8) is 0 Å². The Balaban J connectivity index is 1.81. The Hall–Kier alpha value is -2.37. The summed E-state index contributed by atoms with van der Waals surface area (Å²) >= 11 is 0. The summed E-state index contributed by atoms with van der Waals surface area (Å²) in [5.41, 5.74) is 1.73. The molecule has 0 spiro atoms. The van der Waals surface area contributed by atoms with E-state index in [1.165, 1.54) is 24.7 Å². The Morgan fingerprint density at radius 3 is 2.88 bits per heavy atom. The van der Waals surface area contributed by atoms with Crippen LogP contribution in [0.2, 0.25) is 0 Å². The van der Waals surface area contributed by atoms with E-state index < -0.39 is 0 Å². The lowest BCUT2D eigenvalue weighted by atomic mass is 9.97. The van der Waals surface area contributed by atoms with Crippen molar-refractivity contribution in [1.29, 1.82) is 0 Å². The van der Waals surface area contributed by atoms with E-state index in [4.69, 9.17) is 4.42 Å². The van der Waals surface area contributed by atoms with Gasteiger partial charge in [0.05, 0.1) is 5.56 Å². The van der Waals surface area contributed by atoms with Crippen LogP contribution in [0, 0.1) is 12.8 Å². The van der Waals surface area contributed by atoms with Crippen molar-refractivity contribution < 1.29 is 9.21 Å². The van der Waals surface area contributed by atoms with Crippen LogP contribution in [0.15, 0.2) is 27.2 Å². The molecule has 1 amide bonds. The number of amides is 1. The standard InChI is InChI=1S/C20H27N3O3/c1-13(2)11-23-12-22-19-17(20(23)25)16(14(3)26-19)18(24)21-10-9-15-7-5-4-6-8-15/h7,12-13H,4-6,8-11H2,1-3H3,(H,21,24). The number of rotatable bonds is 6. The lowest BCUT2D eigenvalue weighted by Crippen LogP contribution is -2.28. The molecule has 0 atom stereocenters. The highest BCUT2D eigenvalue weighted by molar-refractivity contribution is 6.06. The van der Waals surface area contributed by atoms with Crippen LogP contribution in [0.25, 0.3) is 11.1 Å².